The molecule has 1 aliphatic heterocycles. The van der Waals surface area contributed by atoms with Crippen molar-refractivity contribution in [1.29, 1.82) is 0 Å². The predicted molar refractivity (Wildman–Crippen MR) is 179 cm³/mol. The first kappa shape index (κ1) is 40.1. The SMILES string of the molecule is CCCCCC[C@H]1OC(=O)CNC(=O)[C@H]([C@H](C)O)NC(=O)[C@H](CN)NC(=O)[C@H](c2ccccc2)NC(=O)[C@H](CC(C)C)N(C)C(=O)[C@@H]1C. The summed E-state index contributed by atoms with van der Waals surface area (Å²) in [5.74, 6) is -5.19. The summed E-state index contributed by atoms with van der Waals surface area (Å²) in [6, 6.07) is 3.27. The molecular weight excluding hydrogens is 620 g/mol. The van der Waals surface area contributed by atoms with E-state index >= 15 is 0 Å². The fourth-order valence-corrected chi connectivity index (χ4v) is 5.51. The van der Waals surface area contributed by atoms with Gasteiger partial charge < -0.3 is 41.7 Å². The van der Waals surface area contributed by atoms with E-state index in [1.807, 2.05) is 13.8 Å². The largest absolute Gasteiger partial charge is 0.460 e. The van der Waals surface area contributed by atoms with E-state index in [1.54, 1.807) is 37.3 Å². The van der Waals surface area contributed by atoms with Crippen LogP contribution < -0.4 is 27.0 Å². The lowest BCUT2D eigenvalue weighted by atomic mass is 9.94. The van der Waals surface area contributed by atoms with Crippen LogP contribution in [0.3, 0.4) is 0 Å². The quantitative estimate of drug-likeness (QED) is 0.152. The van der Waals surface area contributed by atoms with Crippen molar-refractivity contribution >= 4 is 35.5 Å². The summed E-state index contributed by atoms with van der Waals surface area (Å²) < 4.78 is 5.74. The van der Waals surface area contributed by atoms with E-state index < -0.39 is 84.3 Å². The summed E-state index contributed by atoms with van der Waals surface area (Å²) in [4.78, 5) is 82.2. The Balaban J connectivity index is 2.60. The number of aliphatic hydroxyl groups excluding tert-OH is 1. The minimum Gasteiger partial charge on any atom is -0.460 e. The molecule has 0 radical (unpaired) electrons. The number of nitrogens with one attached hydrogen (secondary N) is 4. The third-order valence-corrected chi connectivity index (χ3v) is 8.40. The molecule has 0 aromatic heterocycles. The van der Waals surface area contributed by atoms with Gasteiger partial charge in [0.1, 0.15) is 36.8 Å². The molecule has 14 heteroatoms. The number of carbonyl (C=O) groups is 6. The summed E-state index contributed by atoms with van der Waals surface area (Å²) in [5, 5.41) is 20.4. The lowest BCUT2D eigenvalue weighted by Crippen LogP contribution is -2.60. The van der Waals surface area contributed by atoms with Crippen molar-refractivity contribution in [3.63, 3.8) is 0 Å². The van der Waals surface area contributed by atoms with E-state index in [-0.39, 0.29) is 18.9 Å². The monoisotopic (exact) mass is 674 g/mol. The van der Waals surface area contributed by atoms with E-state index in [4.69, 9.17) is 10.5 Å². The third-order valence-electron chi connectivity index (χ3n) is 8.40. The van der Waals surface area contributed by atoms with Crippen LogP contribution in [0, 0.1) is 11.8 Å². The van der Waals surface area contributed by atoms with Gasteiger partial charge in [0.05, 0.1) is 12.0 Å². The summed E-state index contributed by atoms with van der Waals surface area (Å²) in [5.41, 5.74) is 6.25. The maximum absolute atomic E-state index is 14.0. The first-order valence-corrected chi connectivity index (χ1v) is 16.8. The standard InChI is InChI=1S/C34H54N6O8/c1-7-8-9-13-16-26-21(4)34(47)40(6)25(17-20(2)3)31(44)39-29(23-14-11-10-12-15-23)33(46)37-24(18-35)30(43)38-28(22(5)41)32(45)36-19-27(42)48-26/h10-12,14-15,20-22,24-26,28-29,41H,7-9,13,16-19,35H2,1-6H3,(H,36,45)(H,37,46)(H,38,43)(H,39,44)/t21-,22+,24+,25+,26-,28+,29+/m1/s1. The summed E-state index contributed by atoms with van der Waals surface area (Å²) in [6.07, 6.45) is 1.89. The third kappa shape index (κ3) is 11.9. The van der Waals surface area contributed by atoms with Crippen LogP contribution in [0.1, 0.15) is 84.7 Å². The molecule has 268 valence electrons. The Bertz CT molecular complexity index is 1240. The Morgan fingerprint density at radius 1 is 0.917 bits per heavy atom. The van der Waals surface area contributed by atoms with Crippen LogP contribution in [-0.4, -0.2) is 96.0 Å². The van der Waals surface area contributed by atoms with E-state index in [2.05, 4.69) is 28.2 Å². The average Bonchev–Trinajstić information content (AvgIpc) is 3.05. The van der Waals surface area contributed by atoms with Gasteiger partial charge in [-0.25, -0.2) is 0 Å². The van der Waals surface area contributed by atoms with E-state index in [9.17, 15) is 33.9 Å². The zero-order chi connectivity index (χ0) is 36.0. The second-order valence-electron chi connectivity index (χ2n) is 12.9. The Hall–Kier alpha value is -4.04. The van der Waals surface area contributed by atoms with E-state index in [0.29, 0.717) is 18.4 Å². The number of aliphatic hydroxyl groups is 1. The van der Waals surface area contributed by atoms with Gasteiger partial charge in [-0.05, 0) is 37.7 Å². The molecule has 5 amide bonds. The van der Waals surface area contributed by atoms with Crippen LogP contribution in [0.2, 0.25) is 0 Å². The number of rotatable bonds is 10. The average molecular weight is 675 g/mol. The zero-order valence-corrected chi connectivity index (χ0v) is 29.0. The minimum absolute atomic E-state index is 0.0182. The predicted octanol–water partition coefficient (Wildman–Crippen LogP) is 0.674. The van der Waals surface area contributed by atoms with Crippen molar-refractivity contribution in [1.82, 2.24) is 26.2 Å². The number of carbonyl (C=O) groups excluding carboxylic acids is 6. The molecule has 0 aliphatic carbocycles. The maximum atomic E-state index is 14.0. The van der Waals surface area contributed by atoms with Gasteiger partial charge in [0.2, 0.25) is 29.5 Å². The molecule has 14 nitrogen and oxygen atoms in total. The molecule has 2 rings (SSSR count). The molecule has 7 atom stereocenters. The van der Waals surface area contributed by atoms with E-state index in [1.165, 1.54) is 18.9 Å². The van der Waals surface area contributed by atoms with Gasteiger partial charge in [-0.3, -0.25) is 28.8 Å². The molecule has 48 heavy (non-hydrogen) atoms. The van der Waals surface area contributed by atoms with E-state index in [0.717, 1.165) is 19.3 Å². The van der Waals surface area contributed by atoms with Crippen molar-refractivity contribution in [2.75, 3.05) is 20.1 Å². The van der Waals surface area contributed by atoms with Crippen molar-refractivity contribution in [3.05, 3.63) is 35.9 Å². The first-order valence-electron chi connectivity index (χ1n) is 16.8. The molecule has 0 unspecified atom stereocenters. The molecule has 1 fully saturated rings. The van der Waals surface area contributed by atoms with Crippen LogP contribution in [0.4, 0.5) is 0 Å². The van der Waals surface area contributed by atoms with Gasteiger partial charge in [-0.2, -0.15) is 0 Å². The molecule has 1 saturated heterocycles. The molecule has 0 spiro atoms. The molecule has 1 heterocycles. The lowest BCUT2D eigenvalue weighted by molar-refractivity contribution is -0.157. The molecular formula is C34H54N6O8. The van der Waals surface area contributed by atoms with Gasteiger partial charge in [-0.1, -0.05) is 77.3 Å². The fraction of sp³-hybridized carbons (Fsp3) is 0.647. The van der Waals surface area contributed by atoms with Crippen LogP contribution in [0.5, 0.6) is 0 Å². The number of benzene rings is 1. The van der Waals surface area contributed by atoms with Crippen LogP contribution >= 0.6 is 0 Å². The molecule has 1 aromatic rings. The minimum atomic E-state index is -1.50. The molecule has 1 aromatic carbocycles. The summed E-state index contributed by atoms with van der Waals surface area (Å²) in [6.45, 7) is 7.82. The number of unbranched alkanes of at least 4 members (excludes halogenated alkanes) is 3. The number of hydrogen-bond donors (Lipinski definition) is 6. The first-order chi connectivity index (χ1) is 22.7. The summed E-state index contributed by atoms with van der Waals surface area (Å²) in [7, 11) is 1.51. The highest BCUT2D eigenvalue weighted by Crippen LogP contribution is 2.22. The molecule has 0 bridgehead atoms. The number of nitrogens with zero attached hydrogens (tertiary/aromatic N) is 1. The van der Waals surface area contributed by atoms with Gasteiger partial charge in [0, 0.05) is 13.6 Å². The van der Waals surface area contributed by atoms with Crippen molar-refractivity contribution in [2.45, 2.75) is 110 Å². The summed E-state index contributed by atoms with van der Waals surface area (Å²) >= 11 is 0. The van der Waals surface area contributed by atoms with Gasteiger partial charge in [-0.15, -0.1) is 0 Å². The molecule has 7 N–H and O–H groups in total. The van der Waals surface area contributed by atoms with Crippen molar-refractivity contribution in [3.8, 4) is 0 Å². The molecule has 1 aliphatic rings. The second kappa shape index (κ2) is 19.7. The maximum Gasteiger partial charge on any atom is 0.325 e. The number of hydrogen-bond acceptors (Lipinski definition) is 9. The zero-order valence-electron chi connectivity index (χ0n) is 29.0. The lowest BCUT2D eigenvalue weighted by Gasteiger charge is -2.34. The highest BCUT2D eigenvalue weighted by molar-refractivity contribution is 5.96. The number of likely N-dealkylation sites (N-methyl/N-ethyl adjacent to an activating group) is 1. The van der Waals surface area contributed by atoms with Crippen LogP contribution in [-0.2, 0) is 33.5 Å². The number of cyclic esters (lactones) is 1. The number of ether oxygens (including phenoxy) is 1. The van der Waals surface area contributed by atoms with Crippen LogP contribution in [0.25, 0.3) is 0 Å². The van der Waals surface area contributed by atoms with Gasteiger partial charge >= 0.3 is 5.97 Å². The number of nitrogens with two attached hydrogens (primary N) is 1. The number of amides is 5. The molecule has 0 saturated carbocycles. The smallest absolute Gasteiger partial charge is 0.325 e. The second-order valence-corrected chi connectivity index (χ2v) is 12.9. The van der Waals surface area contributed by atoms with Gasteiger partial charge in [0.15, 0.2) is 0 Å². The normalized spacial score (nSPS) is 26.3. The highest BCUT2D eigenvalue weighted by atomic mass is 16.5. The Morgan fingerprint density at radius 3 is 2.17 bits per heavy atom. The van der Waals surface area contributed by atoms with Crippen molar-refractivity contribution < 1.29 is 38.6 Å². The van der Waals surface area contributed by atoms with Crippen LogP contribution in [0.15, 0.2) is 30.3 Å². The Kier molecular flexibility index (Phi) is 16.5. The van der Waals surface area contributed by atoms with Crippen molar-refractivity contribution in [2.24, 2.45) is 17.6 Å². The Morgan fingerprint density at radius 2 is 1.58 bits per heavy atom. The Labute approximate surface area is 283 Å². The topological polar surface area (TPSA) is 209 Å². The number of esters is 1. The highest BCUT2D eigenvalue weighted by Gasteiger charge is 2.38. The van der Waals surface area contributed by atoms with Gasteiger partial charge in [0.25, 0.3) is 0 Å². The fourth-order valence-electron chi connectivity index (χ4n) is 5.51.